The Hall–Kier alpha value is -3.85. The molecule has 0 aliphatic heterocycles. The van der Waals surface area contributed by atoms with Crippen LogP contribution in [0.3, 0.4) is 0 Å². The topological polar surface area (TPSA) is 98.2 Å². The lowest BCUT2D eigenvalue weighted by atomic mass is 10.2. The van der Waals surface area contributed by atoms with Gasteiger partial charge in [-0.05, 0) is 60.5 Å². The molecule has 182 valence electrons. The van der Waals surface area contributed by atoms with Crippen molar-refractivity contribution in [3.05, 3.63) is 82.3 Å². The van der Waals surface area contributed by atoms with Gasteiger partial charge in [0, 0.05) is 4.47 Å². The van der Waals surface area contributed by atoms with Gasteiger partial charge in [0.1, 0.15) is 18.8 Å². The van der Waals surface area contributed by atoms with E-state index in [0.29, 0.717) is 41.7 Å². The number of carbonyl (C=O) groups is 2. The summed E-state index contributed by atoms with van der Waals surface area (Å²) in [6.07, 6.45) is 1.08. The summed E-state index contributed by atoms with van der Waals surface area (Å²) < 4.78 is 17.8. The number of methoxy groups -OCH3 is 1. The van der Waals surface area contributed by atoms with Crippen LogP contribution in [0.25, 0.3) is 0 Å². The van der Waals surface area contributed by atoms with Crippen LogP contribution in [-0.2, 0) is 16.2 Å². The second-order valence-corrected chi connectivity index (χ2v) is 8.19. The second kappa shape index (κ2) is 13.1. The molecule has 0 unspecified atom stereocenters. The molecule has 0 bridgehead atoms. The van der Waals surface area contributed by atoms with Gasteiger partial charge in [0.2, 0.25) is 11.8 Å². The molecule has 0 saturated heterocycles. The Morgan fingerprint density at radius 1 is 0.943 bits per heavy atom. The van der Waals surface area contributed by atoms with Crippen molar-refractivity contribution in [2.24, 2.45) is 5.10 Å². The molecular weight excluding hydrogens is 514 g/mol. The number of rotatable bonds is 11. The van der Waals surface area contributed by atoms with Gasteiger partial charge in [-0.25, -0.2) is 5.43 Å². The summed E-state index contributed by atoms with van der Waals surface area (Å²) in [5.74, 6) is 0.648. The number of amides is 2. The number of hydrazone groups is 1. The van der Waals surface area contributed by atoms with Gasteiger partial charge in [-0.1, -0.05) is 40.2 Å². The van der Waals surface area contributed by atoms with Gasteiger partial charge in [0.15, 0.2) is 11.5 Å². The molecule has 0 atom stereocenters. The average molecular weight is 540 g/mol. The third kappa shape index (κ3) is 8.15. The van der Waals surface area contributed by atoms with Gasteiger partial charge in [-0.3, -0.25) is 9.59 Å². The van der Waals surface area contributed by atoms with Crippen molar-refractivity contribution in [2.45, 2.75) is 20.0 Å². The maximum Gasteiger partial charge on any atom is 0.249 e. The van der Waals surface area contributed by atoms with Crippen LogP contribution >= 0.6 is 15.9 Å². The Morgan fingerprint density at radius 3 is 2.46 bits per heavy atom. The number of benzene rings is 3. The quantitative estimate of drug-likeness (QED) is 0.205. The molecule has 3 aromatic carbocycles. The number of halogens is 1. The van der Waals surface area contributed by atoms with Gasteiger partial charge in [-0.15, -0.1) is 0 Å². The first kappa shape index (κ1) is 25.8. The van der Waals surface area contributed by atoms with Crippen molar-refractivity contribution >= 4 is 39.6 Å². The Bertz CT molecular complexity index is 1180. The third-order valence-corrected chi connectivity index (χ3v) is 5.21. The Balaban J connectivity index is 1.54. The van der Waals surface area contributed by atoms with Crippen molar-refractivity contribution in [1.29, 1.82) is 0 Å². The molecule has 3 rings (SSSR count). The van der Waals surface area contributed by atoms with Gasteiger partial charge in [0.05, 0.1) is 25.6 Å². The lowest BCUT2D eigenvalue weighted by Gasteiger charge is -2.12. The van der Waals surface area contributed by atoms with Crippen LogP contribution in [0, 0.1) is 0 Å². The fourth-order valence-corrected chi connectivity index (χ4v) is 3.31. The predicted molar refractivity (Wildman–Crippen MR) is 138 cm³/mol. The predicted octanol–water partition coefficient (Wildman–Crippen LogP) is 4.91. The third-order valence-electron chi connectivity index (χ3n) is 4.68. The molecule has 0 radical (unpaired) electrons. The number of hydrogen-bond donors (Lipinski definition) is 2. The average Bonchev–Trinajstić information content (AvgIpc) is 2.85. The van der Waals surface area contributed by atoms with Gasteiger partial charge in [0.25, 0.3) is 0 Å². The number of ether oxygens (including phenoxy) is 3. The van der Waals surface area contributed by atoms with E-state index in [1.54, 1.807) is 42.5 Å². The first-order valence-electron chi connectivity index (χ1n) is 10.9. The molecule has 2 amide bonds. The summed E-state index contributed by atoms with van der Waals surface area (Å²) in [5.41, 5.74) is 4.57. The fraction of sp³-hybridized carbons (Fsp3) is 0.192. The molecule has 3 aromatic rings. The number of hydrogen-bond acceptors (Lipinski definition) is 6. The fourth-order valence-electron chi connectivity index (χ4n) is 3.04. The SMILES string of the molecule is CCOc1cc(C=NNC(=O)CC(=O)Nc2ccccc2OC)ccc1OCc1ccc(Br)cc1. The molecule has 9 heteroatoms. The summed E-state index contributed by atoms with van der Waals surface area (Å²) in [5, 5.41) is 6.58. The largest absolute Gasteiger partial charge is 0.495 e. The molecule has 0 saturated carbocycles. The van der Waals surface area contributed by atoms with E-state index in [2.05, 4.69) is 31.8 Å². The van der Waals surface area contributed by atoms with E-state index in [4.69, 9.17) is 14.2 Å². The van der Waals surface area contributed by atoms with Gasteiger partial charge >= 0.3 is 0 Å². The van der Waals surface area contributed by atoms with Crippen LogP contribution in [0.4, 0.5) is 5.69 Å². The van der Waals surface area contributed by atoms with E-state index in [1.165, 1.54) is 13.3 Å². The molecule has 0 aliphatic rings. The zero-order valence-electron chi connectivity index (χ0n) is 19.4. The summed E-state index contributed by atoms with van der Waals surface area (Å²) in [6.45, 7) is 2.75. The molecule has 0 aliphatic carbocycles. The standard InChI is InChI=1S/C26H26BrN3O5/c1-3-34-24-14-19(10-13-23(24)35-17-18-8-11-20(27)12-9-18)16-28-30-26(32)15-25(31)29-21-6-4-5-7-22(21)33-2/h4-14,16H,3,15,17H2,1-2H3,(H,29,31)(H,30,32). The zero-order valence-corrected chi connectivity index (χ0v) is 21.0. The molecule has 0 spiro atoms. The second-order valence-electron chi connectivity index (χ2n) is 7.27. The smallest absolute Gasteiger partial charge is 0.249 e. The normalized spacial score (nSPS) is 10.6. The summed E-state index contributed by atoms with van der Waals surface area (Å²) >= 11 is 3.42. The van der Waals surface area contributed by atoms with Crippen LogP contribution in [-0.4, -0.2) is 31.7 Å². The minimum Gasteiger partial charge on any atom is -0.495 e. The first-order chi connectivity index (χ1) is 17.0. The van der Waals surface area contributed by atoms with Crippen molar-refractivity contribution in [3.8, 4) is 17.2 Å². The molecule has 35 heavy (non-hydrogen) atoms. The lowest BCUT2D eigenvalue weighted by Crippen LogP contribution is -2.24. The van der Waals surface area contributed by atoms with Crippen LogP contribution in [0.5, 0.6) is 17.2 Å². The number of nitrogens with zero attached hydrogens (tertiary/aromatic N) is 1. The van der Waals surface area contributed by atoms with E-state index in [1.807, 2.05) is 31.2 Å². The van der Waals surface area contributed by atoms with Crippen LogP contribution in [0.15, 0.2) is 76.3 Å². The minimum absolute atomic E-state index is 0.386. The van der Waals surface area contributed by atoms with Crippen molar-refractivity contribution in [1.82, 2.24) is 5.43 Å². The molecule has 0 fully saturated rings. The maximum atomic E-state index is 12.1. The molecule has 8 nitrogen and oxygen atoms in total. The highest BCUT2D eigenvalue weighted by molar-refractivity contribution is 9.10. The van der Waals surface area contributed by atoms with E-state index >= 15 is 0 Å². The molecule has 2 N–H and O–H groups in total. The Morgan fingerprint density at radius 2 is 1.71 bits per heavy atom. The highest BCUT2D eigenvalue weighted by Crippen LogP contribution is 2.29. The van der Waals surface area contributed by atoms with Crippen LogP contribution in [0.2, 0.25) is 0 Å². The Labute approximate surface area is 212 Å². The minimum atomic E-state index is -0.548. The maximum absolute atomic E-state index is 12.1. The van der Waals surface area contributed by atoms with E-state index in [9.17, 15) is 9.59 Å². The Kier molecular flexibility index (Phi) is 9.68. The van der Waals surface area contributed by atoms with E-state index < -0.39 is 11.8 Å². The van der Waals surface area contributed by atoms with Gasteiger partial charge in [-0.2, -0.15) is 5.10 Å². The number of carbonyl (C=O) groups excluding carboxylic acids is 2. The molecule has 0 aromatic heterocycles. The molecule has 0 heterocycles. The van der Waals surface area contributed by atoms with E-state index in [-0.39, 0.29) is 6.42 Å². The monoisotopic (exact) mass is 539 g/mol. The number of nitrogens with one attached hydrogen (secondary N) is 2. The lowest BCUT2D eigenvalue weighted by molar-refractivity contribution is -0.126. The summed E-state index contributed by atoms with van der Waals surface area (Å²) in [4.78, 5) is 24.2. The van der Waals surface area contributed by atoms with Crippen molar-refractivity contribution in [2.75, 3.05) is 19.0 Å². The number of anilines is 1. The van der Waals surface area contributed by atoms with Crippen molar-refractivity contribution in [3.63, 3.8) is 0 Å². The zero-order chi connectivity index (χ0) is 25.0. The van der Waals surface area contributed by atoms with Crippen LogP contribution in [0.1, 0.15) is 24.5 Å². The van der Waals surface area contributed by atoms with Gasteiger partial charge < -0.3 is 19.5 Å². The molecular formula is C26H26BrN3O5. The number of para-hydroxylation sites is 2. The summed E-state index contributed by atoms with van der Waals surface area (Å²) in [6, 6.07) is 20.2. The van der Waals surface area contributed by atoms with Crippen LogP contribution < -0.4 is 25.0 Å². The van der Waals surface area contributed by atoms with Crippen molar-refractivity contribution < 1.29 is 23.8 Å². The first-order valence-corrected chi connectivity index (χ1v) is 11.7. The highest BCUT2D eigenvalue weighted by atomic mass is 79.9. The highest BCUT2D eigenvalue weighted by Gasteiger charge is 2.11. The van der Waals surface area contributed by atoms with E-state index in [0.717, 1.165) is 10.0 Å². The summed E-state index contributed by atoms with van der Waals surface area (Å²) in [7, 11) is 1.50.